The first kappa shape index (κ1) is 15.1. The van der Waals surface area contributed by atoms with Crippen LogP contribution in [0.1, 0.15) is 18.1 Å². The predicted molar refractivity (Wildman–Crippen MR) is 84.1 cm³/mol. The smallest absolute Gasteiger partial charge is 0.0521 e. The Balaban J connectivity index is 2.00. The molecule has 0 spiro atoms. The Hall–Kier alpha value is -1.32. The van der Waals surface area contributed by atoms with E-state index in [-0.39, 0.29) is 0 Å². The lowest BCUT2D eigenvalue weighted by atomic mass is 9.93. The summed E-state index contributed by atoms with van der Waals surface area (Å²) in [6.45, 7) is 4.17. The van der Waals surface area contributed by atoms with E-state index in [0.29, 0.717) is 5.92 Å². The minimum absolute atomic E-state index is 0.570. The van der Waals surface area contributed by atoms with E-state index in [1.165, 1.54) is 11.1 Å². The van der Waals surface area contributed by atoms with Gasteiger partial charge in [0.25, 0.3) is 0 Å². The SMILES string of the molecule is CCNCC(Cc1ccc(Cl)cc1)Cc1cnn(C)c1. The van der Waals surface area contributed by atoms with Gasteiger partial charge in [0, 0.05) is 18.3 Å². The van der Waals surface area contributed by atoms with Crippen LogP contribution in [-0.2, 0) is 19.9 Å². The van der Waals surface area contributed by atoms with E-state index < -0.39 is 0 Å². The van der Waals surface area contributed by atoms with Crippen molar-refractivity contribution < 1.29 is 0 Å². The molecule has 0 fully saturated rings. The topological polar surface area (TPSA) is 29.9 Å². The third kappa shape index (κ3) is 4.66. The molecule has 0 saturated heterocycles. The number of aryl methyl sites for hydroxylation is 1. The van der Waals surface area contributed by atoms with Crippen LogP contribution in [0.5, 0.6) is 0 Å². The molecule has 0 saturated carbocycles. The van der Waals surface area contributed by atoms with Crippen molar-refractivity contribution >= 4 is 11.6 Å². The van der Waals surface area contributed by atoms with Crippen molar-refractivity contribution in [1.29, 1.82) is 0 Å². The van der Waals surface area contributed by atoms with Gasteiger partial charge in [0.15, 0.2) is 0 Å². The van der Waals surface area contributed by atoms with Crippen molar-refractivity contribution in [3.05, 3.63) is 52.8 Å². The molecule has 0 radical (unpaired) electrons. The van der Waals surface area contributed by atoms with Crippen LogP contribution in [0.4, 0.5) is 0 Å². The summed E-state index contributed by atoms with van der Waals surface area (Å²) in [7, 11) is 1.96. The number of aromatic nitrogens is 2. The van der Waals surface area contributed by atoms with Gasteiger partial charge in [0.05, 0.1) is 6.20 Å². The number of hydrogen-bond acceptors (Lipinski definition) is 2. The van der Waals surface area contributed by atoms with Crippen LogP contribution >= 0.6 is 11.6 Å². The maximum atomic E-state index is 5.94. The highest BCUT2D eigenvalue weighted by molar-refractivity contribution is 6.30. The van der Waals surface area contributed by atoms with Gasteiger partial charge in [0.1, 0.15) is 0 Å². The van der Waals surface area contributed by atoms with Crippen LogP contribution in [0.3, 0.4) is 0 Å². The molecule has 1 heterocycles. The average molecular weight is 292 g/mol. The first-order valence-electron chi connectivity index (χ1n) is 7.10. The van der Waals surface area contributed by atoms with Gasteiger partial charge in [-0.25, -0.2) is 0 Å². The summed E-state index contributed by atoms with van der Waals surface area (Å²) in [5.41, 5.74) is 2.63. The van der Waals surface area contributed by atoms with E-state index in [1.807, 2.05) is 30.1 Å². The summed E-state index contributed by atoms with van der Waals surface area (Å²) in [6, 6.07) is 8.16. The first-order valence-corrected chi connectivity index (χ1v) is 7.48. The molecule has 0 amide bonds. The van der Waals surface area contributed by atoms with E-state index in [0.717, 1.165) is 31.0 Å². The van der Waals surface area contributed by atoms with Gasteiger partial charge >= 0.3 is 0 Å². The molecule has 0 aliphatic carbocycles. The Morgan fingerprint density at radius 3 is 2.50 bits per heavy atom. The molecule has 0 aliphatic rings. The predicted octanol–water partition coefficient (Wildman–Crippen LogP) is 3.08. The molecular weight excluding hydrogens is 270 g/mol. The van der Waals surface area contributed by atoms with Crippen LogP contribution in [0.2, 0.25) is 5.02 Å². The van der Waals surface area contributed by atoms with Gasteiger partial charge in [-0.3, -0.25) is 4.68 Å². The summed E-state index contributed by atoms with van der Waals surface area (Å²) < 4.78 is 1.86. The lowest BCUT2D eigenvalue weighted by Crippen LogP contribution is -2.25. The molecule has 2 rings (SSSR count). The lowest BCUT2D eigenvalue weighted by Gasteiger charge is -2.16. The van der Waals surface area contributed by atoms with Crippen LogP contribution in [0, 0.1) is 5.92 Å². The third-order valence-corrected chi connectivity index (χ3v) is 3.66. The Labute approximate surface area is 126 Å². The van der Waals surface area contributed by atoms with Crippen LogP contribution in [-0.4, -0.2) is 22.9 Å². The fraction of sp³-hybridized carbons (Fsp3) is 0.438. The number of rotatable bonds is 7. The second-order valence-electron chi connectivity index (χ2n) is 5.23. The maximum Gasteiger partial charge on any atom is 0.0521 e. The quantitative estimate of drug-likeness (QED) is 0.849. The van der Waals surface area contributed by atoms with Gasteiger partial charge in [-0.05, 0) is 55.1 Å². The molecule has 1 aromatic carbocycles. The molecular formula is C16H22ClN3. The van der Waals surface area contributed by atoms with Gasteiger partial charge in [-0.15, -0.1) is 0 Å². The second kappa shape index (κ2) is 7.46. The summed E-state index contributed by atoms with van der Waals surface area (Å²) in [6.07, 6.45) is 6.16. The lowest BCUT2D eigenvalue weighted by molar-refractivity contribution is 0.478. The van der Waals surface area contributed by atoms with E-state index in [2.05, 4.69) is 35.7 Å². The Kier molecular flexibility index (Phi) is 5.62. The molecule has 2 aromatic rings. The Bertz CT molecular complexity index is 519. The first-order chi connectivity index (χ1) is 9.67. The largest absolute Gasteiger partial charge is 0.317 e. The summed E-state index contributed by atoms with van der Waals surface area (Å²) in [5, 5.41) is 8.50. The zero-order valence-electron chi connectivity index (χ0n) is 12.1. The zero-order valence-corrected chi connectivity index (χ0v) is 12.9. The van der Waals surface area contributed by atoms with Crippen molar-refractivity contribution in [3.8, 4) is 0 Å². The highest BCUT2D eigenvalue weighted by Gasteiger charge is 2.11. The van der Waals surface area contributed by atoms with Crippen molar-refractivity contribution in [3.63, 3.8) is 0 Å². The number of hydrogen-bond donors (Lipinski definition) is 1. The van der Waals surface area contributed by atoms with Gasteiger partial charge < -0.3 is 5.32 Å². The average Bonchev–Trinajstić information content (AvgIpc) is 2.84. The molecule has 0 bridgehead atoms. The number of benzene rings is 1. The molecule has 1 unspecified atom stereocenters. The van der Waals surface area contributed by atoms with E-state index >= 15 is 0 Å². The maximum absolute atomic E-state index is 5.94. The third-order valence-electron chi connectivity index (χ3n) is 3.40. The van der Waals surface area contributed by atoms with Crippen molar-refractivity contribution in [2.75, 3.05) is 13.1 Å². The highest BCUT2D eigenvalue weighted by Crippen LogP contribution is 2.16. The van der Waals surface area contributed by atoms with Crippen LogP contribution in [0.15, 0.2) is 36.7 Å². The number of halogens is 1. The summed E-state index contributed by atoms with van der Waals surface area (Å²) in [4.78, 5) is 0. The Morgan fingerprint density at radius 2 is 1.90 bits per heavy atom. The minimum Gasteiger partial charge on any atom is -0.317 e. The normalized spacial score (nSPS) is 12.6. The van der Waals surface area contributed by atoms with Crippen molar-refractivity contribution in [2.24, 2.45) is 13.0 Å². The Morgan fingerprint density at radius 1 is 1.20 bits per heavy atom. The molecule has 1 aromatic heterocycles. The van der Waals surface area contributed by atoms with Crippen LogP contribution < -0.4 is 5.32 Å². The second-order valence-corrected chi connectivity index (χ2v) is 5.67. The molecule has 108 valence electrons. The standard InChI is InChI=1S/C16H22ClN3/c1-3-18-10-14(9-15-11-19-20(2)12-15)8-13-4-6-16(17)7-5-13/h4-7,11-12,14,18H,3,8-10H2,1-2H3. The fourth-order valence-corrected chi connectivity index (χ4v) is 2.56. The number of nitrogens with one attached hydrogen (secondary N) is 1. The van der Waals surface area contributed by atoms with Gasteiger partial charge in [-0.1, -0.05) is 30.7 Å². The van der Waals surface area contributed by atoms with Crippen molar-refractivity contribution in [1.82, 2.24) is 15.1 Å². The molecule has 0 aliphatic heterocycles. The van der Waals surface area contributed by atoms with Gasteiger partial charge in [0.2, 0.25) is 0 Å². The van der Waals surface area contributed by atoms with Crippen LogP contribution in [0.25, 0.3) is 0 Å². The molecule has 3 nitrogen and oxygen atoms in total. The van der Waals surface area contributed by atoms with E-state index in [1.54, 1.807) is 0 Å². The molecule has 1 N–H and O–H groups in total. The number of nitrogens with zero attached hydrogens (tertiary/aromatic N) is 2. The van der Waals surface area contributed by atoms with Gasteiger partial charge in [-0.2, -0.15) is 5.10 Å². The van der Waals surface area contributed by atoms with Crippen molar-refractivity contribution in [2.45, 2.75) is 19.8 Å². The highest BCUT2D eigenvalue weighted by atomic mass is 35.5. The van der Waals surface area contributed by atoms with E-state index in [9.17, 15) is 0 Å². The summed E-state index contributed by atoms with van der Waals surface area (Å²) >= 11 is 5.94. The molecule has 4 heteroatoms. The zero-order chi connectivity index (χ0) is 14.4. The molecule has 20 heavy (non-hydrogen) atoms. The van der Waals surface area contributed by atoms with E-state index in [4.69, 9.17) is 11.6 Å². The summed E-state index contributed by atoms with van der Waals surface area (Å²) in [5.74, 6) is 0.570. The minimum atomic E-state index is 0.570. The fourth-order valence-electron chi connectivity index (χ4n) is 2.43. The monoisotopic (exact) mass is 291 g/mol. The molecule has 1 atom stereocenters.